The van der Waals surface area contributed by atoms with E-state index in [9.17, 15) is 14.0 Å². The highest BCUT2D eigenvalue weighted by Gasteiger charge is 2.29. The lowest BCUT2D eigenvalue weighted by Crippen LogP contribution is -2.41. The first kappa shape index (κ1) is 20.2. The van der Waals surface area contributed by atoms with E-state index in [4.69, 9.17) is 9.47 Å². The second-order valence-corrected chi connectivity index (χ2v) is 7.37. The monoisotopic (exact) mass is 413 g/mol. The molecule has 8 heteroatoms. The summed E-state index contributed by atoms with van der Waals surface area (Å²) >= 11 is 0. The van der Waals surface area contributed by atoms with Crippen molar-refractivity contribution in [2.45, 2.75) is 25.3 Å². The standard InChI is InChI=1S/C22H24FN3O4/c23-16-5-1-2-6-17(16)24-22(28)25-21(27)14-26-10-3-7-18(26)15-8-9-19-20(13-15)30-12-4-11-29-19/h1-2,5-6,8-9,13,18H,3-4,7,10-12,14H2,(H2,24,25,27,28). The summed E-state index contributed by atoms with van der Waals surface area (Å²) in [6.07, 6.45) is 2.71. The molecule has 0 spiro atoms. The topological polar surface area (TPSA) is 79.9 Å². The molecule has 30 heavy (non-hydrogen) atoms. The van der Waals surface area contributed by atoms with Gasteiger partial charge in [0.1, 0.15) is 5.82 Å². The lowest BCUT2D eigenvalue weighted by Gasteiger charge is -2.24. The summed E-state index contributed by atoms with van der Waals surface area (Å²) in [4.78, 5) is 26.5. The Labute approximate surface area is 174 Å². The number of likely N-dealkylation sites (tertiary alicyclic amines) is 1. The number of benzene rings is 2. The summed E-state index contributed by atoms with van der Waals surface area (Å²) < 4.78 is 25.1. The van der Waals surface area contributed by atoms with E-state index in [1.54, 1.807) is 6.07 Å². The first-order valence-corrected chi connectivity index (χ1v) is 10.1. The van der Waals surface area contributed by atoms with Crippen LogP contribution in [0.1, 0.15) is 30.9 Å². The van der Waals surface area contributed by atoms with Crippen LogP contribution < -0.4 is 20.1 Å². The number of anilines is 1. The molecule has 0 bridgehead atoms. The summed E-state index contributed by atoms with van der Waals surface area (Å²) in [5, 5.41) is 4.62. The van der Waals surface area contributed by atoms with Crippen molar-refractivity contribution in [2.24, 2.45) is 0 Å². The summed E-state index contributed by atoms with van der Waals surface area (Å²) in [6, 6.07) is 11.0. The fourth-order valence-corrected chi connectivity index (χ4v) is 3.85. The van der Waals surface area contributed by atoms with Crippen molar-refractivity contribution in [1.29, 1.82) is 0 Å². The molecule has 2 N–H and O–H groups in total. The van der Waals surface area contributed by atoms with Crippen LogP contribution in [-0.2, 0) is 4.79 Å². The van der Waals surface area contributed by atoms with Gasteiger partial charge in [-0.05, 0) is 49.2 Å². The van der Waals surface area contributed by atoms with E-state index in [0.717, 1.165) is 42.9 Å². The molecule has 1 saturated heterocycles. The smallest absolute Gasteiger partial charge is 0.326 e. The van der Waals surface area contributed by atoms with Crippen LogP contribution in [-0.4, -0.2) is 43.1 Å². The zero-order valence-corrected chi connectivity index (χ0v) is 16.5. The van der Waals surface area contributed by atoms with Gasteiger partial charge in [-0.25, -0.2) is 9.18 Å². The normalized spacial score (nSPS) is 18.5. The Kier molecular flexibility index (Phi) is 6.13. The maximum Gasteiger partial charge on any atom is 0.326 e. The molecular formula is C22H24FN3O4. The average molecular weight is 413 g/mol. The van der Waals surface area contributed by atoms with Crippen molar-refractivity contribution < 1.29 is 23.5 Å². The van der Waals surface area contributed by atoms with Crippen molar-refractivity contribution in [3.05, 3.63) is 53.8 Å². The first-order valence-electron chi connectivity index (χ1n) is 10.1. The molecule has 4 rings (SSSR count). The Morgan fingerprint density at radius 3 is 2.70 bits per heavy atom. The molecule has 7 nitrogen and oxygen atoms in total. The number of urea groups is 1. The van der Waals surface area contributed by atoms with Gasteiger partial charge in [-0.3, -0.25) is 15.0 Å². The average Bonchev–Trinajstić information content (AvgIpc) is 3.04. The third-order valence-electron chi connectivity index (χ3n) is 5.24. The second-order valence-electron chi connectivity index (χ2n) is 7.37. The molecule has 2 heterocycles. The Morgan fingerprint density at radius 2 is 1.87 bits per heavy atom. The number of imide groups is 1. The minimum absolute atomic E-state index is 0.0223. The summed E-state index contributed by atoms with van der Waals surface area (Å²) in [7, 11) is 0. The van der Waals surface area contributed by atoms with Crippen molar-refractivity contribution in [2.75, 3.05) is 31.6 Å². The van der Waals surface area contributed by atoms with E-state index in [2.05, 4.69) is 10.6 Å². The number of carbonyl (C=O) groups excluding carboxylic acids is 2. The van der Waals surface area contributed by atoms with E-state index in [1.165, 1.54) is 18.2 Å². The van der Waals surface area contributed by atoms with Crippen LogP contribution in [0.5, 0.6) is 11.5 Å². The molecule has 0 radical (unpaired) electrons. The maximum absolute atomic E-state index is 13.6. The Balaban J connectivity index is 1.37. The molecule has 0 aliphatic carbocycles. The third-order valence-corrected chi connectivity index (χ3v) is 5.24. The molecule has 158 valence electrons. The Hall–Kier alpha value is -3.13. The lowest BCUT2D eigenvalue weighted by atomic mass is 10.0. The van der Waals surface area contributed by atoms with Gasteiger partial charge < -0.3 is 14.8 Å². The highest BCUT2D eigenvalue weighted by molar-refractivity contribution is 6.01. The fourth-order valence-electron chi connectivity index (χ4n) is 3.85. The van der Waals surface area contributed by atoms with Crippen molar-refractivity contribution in [3.63, 3.8) is 0 Å². The summed E-state index contributed by atoms with van der Waals surface area (Å²) in [5.41, 5.74) is 1.08. The quantitative estimate of drug-likeness (QED) is 0.802. The molecule has 2 aromatic carbocycles. The van der Waals surface area contributed by atoms with Gasteiger partial charge in [-0.1, -0.05) is 18.2 Å². The van der Waals surface area contributed by atoms with Crippen LogP contribution in [0.2, 0.25) is 0 Å². The molecule has 2 aromatic rings. The predicted molar refractivity (Wildman–Crippen MR) is 109 cm³/mol. The Bertz CT molecular complexity index is 936. The zero-order chi connectivity index (χ0) is 20.9. The van der Waals surface area contributed by atoms with Crippen LogP contribution in [0, 0.1) is 5.82 Å². The van der Waals surface area contributed by atoms with Gasteiger partial charge in [-0.2, -0.15) is 0 Å². The first-order chi connectivity index (χ1) is 14.6. The number of hydrogen-bond donors (Lipinski definition) is 2. The summed E-state index contributed by atoms with van der Waals surface area (Å²) in [5.74, 6) is 0.466. The van der Waals surface area contributed by atoms with Gasteiger partial charge in [0.2, 0.25) is 5.91 Å². The van der Waals surface area contributed by atoms with Gasteiger partial charge in [-0.15, -0.1) is 0 Å². The molecule has 3 amide bonds. The van der Waals surface area contributed by atoms with Gasteiger partial charge >= 0.3 is 6.03 Å². The third kappa shape index (κ3) is 4.71. The number of rotatable bonds is 4. The number of ether oxygens (including phenoxy) is 2. The van der Waals surface area contributed by atoms with E-state index in [0.29, 0.717) is 13.2 Å². The van der Waals surface area contributed by atoms with Crippen LogP contribution in [0.15, 0.2) is 42.5 Å². The summed E-state index contributed by atoms with van der Waals surface area (Å²) in [6.45, 7) is 2.08. The molecule has 1 unspecified atom stereocenters. The molecule has 0 saturated carbocycles. The predicted octanol–water partition coefficient (Wildman–Crippen LogP) is 3.47. The number of fused-ring (bicyclic) bond motifs is 1. The SMILES string of the molecule is O=C(CN1CCCC1c1ccc2c(c1)OCCCO2)NC(=O)Nc1ccccc1F. The zero-order valence-electron chi connectivity index (χ0n) is 16.5. The molecule has 2 aliphatic heterocycles. The lowest BCUT2D eigenvalue weighted by molar-refractivity contribution is -0.121. The van der Waals surface area contributed by atoms with Crippen molar-refractivity contribution in [3.8, 4) is 11.5 Å². The molecular weight excluding hydrogens is 389 g/mol. The maximum atomic E-state index is 13.6. The van der Waals surface area contributed by atoms with Crippen molar-refractivity contribution in [1.82, 2.24) is 10.2 Å². The molecule has 0 aromatic heterocycles. The van der Waals surface area contributed by atoms with Crippen LogP contribution >= 0.6 is 0 Å². The van der Waals surface area contributed by atoms with Gasteiger partial charge in [0.05, 0.1) is 25.4 Å². The second kappa shape index (κ2) is 9.13. The van der Waals surface area contributed by atoms with Gasteiger partial charge in [0, 0.05) is 12.5 Å². The van der Waals surface area contributed by atoms with Crippen LogP contribution in [0.25, 0.3) is 0 Å². The molecule has 1 fully saturated rings. The number of hydrogen-bond acceptors (Lipinski definition) is 5. The number of carbonyl (C=O) groups is 2. The number of amides is 3. The number of nitrogens with one attached hydrogen (secondary N) is 2. The van der Waals surface area contributed by atoms with E-state index >= 15 is 0 Å². The largest absolute Gasteiger partial charge is 0.490 e. The van der Waals surface area contributed by atoms with Crippen LogP contribution in [0.3, 0.4) is 0 Å². The minimum atomic E-state index is -0.753. The fraction of sp³-hybridized carbons (Fsp3) is 0.364. The highest BCUT2D eigenvalue weighted by atomic mass is 19.1. The van der Waals surface area contributed by atoms with Gasteiger partial charge in [0.15, 0.2) is 11.5 Å². The number of nitrogens with zero attached hydrogens (tertiary/aromatic N) is 1. The van der Waals surface area contributed by atoms with Crippen molar-refractivity contribution >= 4 is 17.6 Å². The van der Waals surface area contributed by atoms with E-state index in [1.807, 2.05) is 23.1 Å². The van der Waals surface area contributed by atoms with E-state index in [-0.39, 0.29) is 18.3 Å². The van der Waals surface area contributed by atoms with Gasteiger partial charge in [0.25, 0.3) is 0 Å². The number of halogens is 1. The molecule has 1 atom stereocenters. The highest BCUT2D eigenvalue weighted by Crippen LogP contribution is 2.37. The molecule has 2 aliphatic rings. The Morgan fingerprint density at radius 1 is 1.07 bits per heavy atom. The van der Waals surface area contributed by atoms with Crippen LogP contribution in [0.4, 0.5) is 14.9 Å². The minimum Gasteiger partial charge on any atom is -0.490 e. The number of para-hydroxylation sites is 1. The van der Waals surface area contributed by atoms with E-state index < -0.39 is 17.8 Å².